The maximum Gasteiger partial charge on any atom is 0.278 e. The highest BCUT2D eigenvalue weighted by atomic mass is 35.5. The van der Waals surface area contributed by atoms with Crippen LogP contribution in [-0.4, -0.2) is 20.9 Å². The summed E-state index contributed by atoms with van der Waals surface area (Å²) in [7, 11) is 0. The highest BCUT2D eigenvalue weighted by Gasteiger charge is 2.13. The average molecular weight is 269 g/mol. The molecule has 5 nitrogen and oxygen atoms in total. The molecule has 0 aliphatic carbocycles. The molecule has 17 heavy (non-hydrogen) atoms. The molecule has 0 aliphatic rings. The Morgan fingerprint density at radius 1 is 1.18 bits per heavy atom. The lowest BCUT2D eigenvalue weighted by Gasteiger charge is -2.04. The minimum Gasteiger partial charge on any atom is -0.289 e. The summed E-state index contributed by atoms with van der Waals surface area (Å²) < 4.78 is 0. The Bertz CT molecular complexity index is 547. The molecule has 86 valence electrons. The van der Waals surface area contributed by atoms with Gasteiger partial charge in [-0.25, -0.2) is 15.0 Å². The van der Waals surface area contributed by atoms with Crippen LogP contribution in [0, 0.1) is 0 Å². The summed E-state index contributed by atoms with van der Waals surface area (Å²) in [5.41, 5.74) is 0.0339. The van der Waals surface area contributed by atoms with Crippen LogP contribution in [0.4, 0.5) is 5.95 Å². The molecule has 0 atom stereocenters. The van der Waals surface area contributed by atoms with Gasteiger partial charge in [0.1, 0.15) is 10.8 Å². The third kappa shape index (κ3) is 2.89. The van der Waals surface area contributed by atoms with Gasteiger partial charge in [-0.3, -0.25) is 10.1 Å². The number of rotatable bonds is 2. The standard InChI is InChI=1S/C10H6Cl2N4O/c11-6-2-3-7(12)15-8(6)9(17)16-10-13-4-1-5-14-10/h1-5H,(H,13,14,16,17). The summed E-state index contributed by atoms with van der Waals surface area (Å²) in [6, 6.07) is 4.64. The quantitative estimate of drug-likeness (QED) is 0.850. The van der Waals surface area contributed by atoms with Crippen LogP contribution in [0.25, 0.3) is 0 Å². The Morgan fingerprint density at radius 2 is 1.88 bits per heavy atom. The fourth-order valence-corrected chi connectivity index (χ4v) is 1.44. The Kier molecular flexibility index (Phi) is 3.51. The molecule has 0 radical (unpaired) electrons. The number of halogens is 2. The zero-order valence-electron chi connectivity index (χ0n) is 8.39. The van der Waals surface area contributed by atoms with Gasteiger partial charge in [-0.15, -0.1) is 0 Å². The first kappa shape index (κ1) is 11.8. The molecule has 2 aromatic rings. The Hall–Kier alpha value is -1.72. The molecule has 0 fully saturated rings. The predicted molar refractivity (Wildman–Crippen MR) is 64.2 cm³/mol. The average Bonchev–Trinajstić information content (AvgIpc) is 2.33. The molecule has 2 heterocycles. The first-order chi connectivity index (χ1) is 8.16. The molecule has 0 bridgehead atoms. The molecular formula is C10H6Cl2N4O. The van der Waals surface area contributed by atoms with Crippen LogP contribution in [0.15, 0.2) is 30.6 Å². The Balaban J connectivity index is 2.23. The van der Waals surface area contributed by atoms with Crippen molar-refractivity contribution in [2.24, 2.45) is 0 Å². The van der Waals surface area contributed by atoms with E-state index in [0.717, 1.165) is 0 Å². The van der Waals surface area contributed by atoms with Gasteiger partial charge in [0.2, 0.25) is 5.95 Å². The van der Waals surface area contributed by atoms with E-state index in [0.29, 0.717) is 0 Å². The molecule has 2 aromatic heterocycles. The van der Waals surface area contributed by atoms with E-state index in [9.17, 15) is 4.79 Å². The molecule has 2 rings (SSSR count). The normalized spacial score (nSPS) is 10.0. The first-order valence-electron chi connectivity index (χ1n) is 4.57. The third-order valence-electron chi connectivity index (χ3n) is 1.82. The SMILES string of the molecule is O=C(Nc1ncccn1)c1nc(Cl)ccc1Cl. The van der Waals surface area contributed by atoms with Gasteiger partial charge in [0.05, 0.1) is 5.02 Å². The van der Waals surface area contributed by atoms with Gasteiger partial charge in [-0.05, 0) is 18.2 Å². The molecule has 0 saturated heterocycles. The summed E-state index contributed by atoms with van der Waals surface area (Å²) >= 11 is 11.5. The topological polar surface area (TPSA) is 67.8 Å². The summed E-state index contributed by atoms with van der Waals surface area (Å²) in [6.07, 6.45) is 3.02. The number of carbonyl (C=O) groups excluding carboxylic acids is 1. The summed E-state index contributed by atoms with van der Waals surface area (Å²) in [6.45, 7) is 0. The van der Waals surface area contributed by atoms with E-state index < -0.39 is 5.91 Å². The second kappa shape index (κ2) is 5.07. The number of nitrogens with zero attached hydrogens (tertiary/aromatic N) is 3. The molecule has 0 aromatic carbocycles. The lowest BCUT2D eigenvalue weighted by Crippen LogP contribution is -2.16. The van der Waals surface area contributed by atoms with E-state index in [2.05, 4.69) is 20.3 Å². The van der Waals surface area contributed by atoms with Crippen LogP contribution in [0.1, 0.15) is 10.5 Å². The van der Waals surface area contributed by atoms with E-state index in [4.69, 9.17) is 23.2 Å². The fraction of sp³-hybridized carbons (Fsp3) is 0. The lowest BCUT2D eigenvalue weighted by molar-refractivity contribution is 0.102. The van der Waals surface area contributed by atoms with Gasteiger partial charge in [0, 0.05) is 12.4 Å². The van der Waals surface area contributed by atoms with Gasteiger partial charge in [0.15, 0.2) is 0 Å². The number of hydrogen-bond donors (Lipinski definition) is 1. The van der Waals surface area contributed by atoms with Gasteiger partial charge >= 0.3 is 0 Å². The Labute approximate surface area is 107 Å². The number of anilines is 1. The second-order valence-electron chi connectivity index (χ2n) is 2.99. The Morgan fingerprint density at radius 3 is 2.59 bits per heavy atom. The second-order valence-corrected chi connectivity index (χ2v) is 3.79. The van der Waals surface area contributed by atoms with Crippen molar-refractivity contribution in [3.8, 4) is 0 Å². The maximum absolute atomic E-state index is 11.8. The van der Waals surface area contributed by atoms with Crippen LogP contribution in [0.2, 0.25) is 10.2 Å². The summed E-state index contributed by atoms with van der Waals surface area (Å²) in [4.78, 5) is 23.3. The highest BCUT2D eigenvalue weighted by Crippen LogP contribution is 2.17. The first-order valence-corrected chi connectivity index (χ1v) is 5.33. The molecule has 1 N–H and O–H groups in total. The molecule has 0 unspecified atom stereocenters. The van der Waals surface area contributed by atoms with Crippen LogP contribution >= 0.6 is 23.2 Å². The van der Waals surface area contributed by atoms with Crippen molar-refractivity contribution < 1.29 is 4.79 Å². The van der Waals surface area contributed by atoms with Crippen molar-refractivity contribution in [1.29, 1.82) is 0 Å². The minimum absolute atomic E-state index is 0.0339. The van der Waals surface area contributed by atoms with Crippen molar-refractivity contribution in [2.75, 3.05) is 5.32 Å². The fourth-order valence-electron chi connectivity index (χ4n) is 1.10. The van der Waals surface area contributed by atoms with E-state index in [1.165, 1.54) is 24.5 Å². The monoisotopic (exact) mass is 268 g/mol. The van der Waals surface area contributed by atoms with Crippen molar-refractivity contribution in [3.05, 3.63) is 46.5 Å². The van der Waals surface area contributed by atoms with Crippen molar-refractivity contribution >= 4 is 35.1 Å². The van der Waals surface area contributed by atoms with Gasteiger partial charge in [-0.2, -0.15) is 0 Å². The molecule has 0 saturated carbocycles. The lowest BCUT2D eigenvalue weighted by atomic mass is 10.3. The molecule has 0 aliphatic heterocycles. The highest BCUT2D eigenvalue weighted by molar-refractivity contribution is 6.35. The summed E-state index contributed by atoms with van der Waals surface area (Å²) in [5.74, 6) is -0.334. The van der Waals surface area contributed by atoms with Gasteiger partial charge in [-0.1, -0.05) is 23.2 Å². The minimum atomic E-state index is -0.510. The number of aromatic nitrogens is 3. The van der Waals surface area contributed by atoms with E-state index in [1.807, 2.05) is 0 Å². The van der Waals surface area contributed by atoms with Crippen LogP contribution < -0.4 is 5.32 Å². The third-order valence-corrected chi connectivity index (χ3v) is 2.33. The van der Waals surface area contributed by atoms with E-state index in [-0.39, 0.29) is 21.8 Å². The number of nitrogens with one attached hydrogen (secondary N) is 1. The maximum atomic E-state index is 11.8. The number of hydrogen-bond acceptors (Lipinski definition) is 4. The van der Waals surface area contributed by atoms with Crippen molar-refractivity contribution in [2.45, 2.75) is 0 Å². The predicted octanol–water partition coefficient (Wildman–Crippen LogP) is 2.43. The van der Waals surface area contributed by atoms with E-state index in [1.54, 1.807) is 6.07 Å². The molecule has 7 heteroatoms. The zero-order valence-corrected chi connectivity index (χ0v) is 9.90. The summed E-state index contributed by atoms with van der Waals surface area (Å²) in [5, 5.41) is 2.86. The van der Waals surface area contributed by atoms with Gasteiger partial charge in [0.25, 0.3) is 5.91 Å². The largest absolute Gasteiger partial charge is 0.289 e. The molecular weight excluding hydrogens is 263 g/mol. The van der Waals surface area contributed by atoms with Crippen molar-refractivity contribution in [1.82, 2.24) is 15.0 Å². The van der Waals surface area contributed by atoms with Crippen LogP contribution in [0.3, 0.4) is 0 Å². The molecule has 1 amide bonds. The molecule has 0 spiro atoms. The number of pyridine rings is 1. The number of amides is 1. The van der Waals surface area contributed by atoms with Gasteiger partial charge < -0.3 is 0 Å². The van der Waals surface area contributed by atoms with E-state index >= 15 is 0 Å². The van der Waals surface area contributed by atoms with Crippen LogP contribution in [-0.2, 0) is 0 Å². The van der Waals surface area contributed by atoms with Crippen LogP contribution in [0.5, 0.6) is 0 Å². The van der Waals surface area contributed by atoms with Crippen molar-refractivity contribution in [3.63, 3.8) is 0 Å². The zero-order chi connectivity index (χ0) is 12.3. The number of carbonyl (C=O) groups is 1. The smallest absolute Gasteiger partial charge is 0.278 e.